The quantitative estimate of drug-likeness (QED) is 0.832. The first-order valence-corrected chi connectivity index (χ1v) is 8.58. The predicted octanol–water partition coefficient (Wildman–Crippen LogP) is 1.63. The van der Waals surface area contributed by atoms with E-state index in [4.69, 9.17) is 4.42 Å². The molecule has 2 aliphatic heterocycles. The van der Waals surface area contributed by atoms with Crippen molar-refractivity contribution >= 4 is 11.8 Å². The SMILES string of the molecule is CN1C(=O)C[C@@H](c2cnn(C)c2)C12CCN(C(=O)c1ccoc1)CC2. The molecule has 2 aromatic heterocycles. The molecule has 1 atom stereocenters. The van der Waals surface area contributed by atoms with Gasteiger partial charge in [-0.1, -0.05) is 0 Å². The minimum Gasteiger partial charge on any atom is -0.472 e. The van der Waals surface area contributed by atoms with Crippen molar-refractivity contribution in [2.75, 3.05) is 20.1 Å². The maximum atomic E-state index is 12.5. The molecular formula is C18H22N4O3. The second-order valence-corrected chi connectivity index (χ2v) is 7.06. The summed E-state index contributed by atoms with van der Waals surface area (Å²) in [7, 11) is 3.79. The van der Waals surface area contributed by atoms with Gasteiger partial charge in [-0.3, -0.25) is 14.3 Å². The molecule has 0 bridgehead atoms. The summed E-state index contributed by atoms with van der Waals surface area (Å²) in [5, 5.41) is 4.28. The number of likely N-dealkylation sites (tertiary alicyclic amines) is 2. The maximum Gasteiger partial charge on any atom is 0.257 e. The highest BCUT2D eigenvalue weighted by atomic mass is 16.3. The standard InChI is InChI=1S/C18H22N4O3/c1-20-11-14(10-19-20)15-9-16(23)21(2)18(15)4-6-22(7-5-18)17(24)13-3-8-25-12-13/h3,8,10-12,15H,4-7,9H2,1-2H3/t15-/m0/s1. The molecule has 7 heteroatoms. The normalized spacial score (nSPS) is 22.8. The molecule has 0 unspecified atom stereocenters. The summed E-state index contributed by atoms with van der Waals surface area (Å²) >= 11 is 0. The van der Waals surface area contributed by atoms with Crippen LogP contribution in [0, 0.1) is 0 Å². The van der Waals surface area contributed by atoms with E-state index >= 15 is 0 Å². The summed E-state index contributed by atoms with van der Waals surface area (Å²) in [5.74, 6) is 0.293. The Morgan fingerprint density at radius 2 is 2.08 bits per heavy atom. The number of piperidine rings is 1. The fourth-order valence-electron chi connectivity index (χ4n) is 4.38. The molecule has 1 spiro atoms. The highest BCUT2D eigenvalue weighted by Gasteiger charge is 2.53. The number of hydrogen-bond donors (Lipinski definition) is 0. The number of aryl methyl sites for hydroxylation is 1. The lowest BCUT2D eigenvalue weighted by atomic mass is 9.74. The Bertz CT molecular complexity index is 787. The van der Waals surface area contributed by atoms with Crippen molar-refractivity contribution < 1.29 is 14.0 Å². The van der Waals surface area contributed by atoms with Crippen molar-refractivity contribution in [2.24, 2.45) is 7.05 Å². The van der Waals surface area contributed by atoms with Crippen molar-refractivity contribution in [3.05, 3.63) is 42.1 Å². The van der Waals surface area contributed by atoms with Gasteiger partial charge in [0.1, 0.15) is 6.26 Å². The van der Waals surface area contributed by atoms with Gasteiger partial charge in [0, 0.05) is 45.7 Å². The van der Waals surface area contributed by atoms with Crippen LogP contribution in [0.3, 0.4) is 0 Å². The third kappa shape index (κ3) is 2.45. The zero-order valence-corrected chi connectivity index (χ0v) is 14.5. The molecule has 132 valence electrons. The van der Waals surface area contributed by atoms with E-state index in [0.717, 1.165) is 18.4 Å². The topological polar surface area (TPSA) is 71.6 Å². The number of hydrogen-bond acceptors (Lipinski definition) is 4. The van der Waals surface area contributed by atoms with Crippen LogP contribution in [0.1, 0.15) is 41.1 Å². The summed E-state index contributed by atoms with van der Waals surface area (Å²) in [6, 6.07) is 1.69. The van der Waals surface area contributed by atoms with Crippen LogP contribution < -0.4 is 0 Å². The third-order valence-corrected chi connectivity index (χ3v) is 5.88. The van der Waals surface area contributed by atoms with Crippen LogP contribution in [0.4, 0.5) is 0 Å². The van der Waals surface area contributed by atoms with E-state index in [-0.39, 0.29) is 23.3 Å². The number of carbonyl (C=O) groups excluding carboxylic acids is 2. The summed E-state index contributed by atoms with van der Waals surface area (Å²) in [6.07, 6.45) is 8.93. The maximum absolute atomic E-state index is 12.5. The van der Waals surface area contributed by atoms with Crippen LogP contribution in [0.2, 0.25) is 0 Å². The lowest BCUT2D eigenvalue weighted by Crippen LogP contribution is -2.55. The van der Waals surface area contributed by atoms with E-state index in [1.807, 2.05) is 36.3 Å². The van der Waals surface area contributed by atoms with Gasteiger partial charge in [-0.25, -0.2) is 0 Å². The van der Waals surface area contributed by atoms with Gasteiger partial charge in [-0.15, -0.1) is 0 Å². The first-order valence-electron chi connectivity index (χ1n) is 8.58. The van der Waals surface area contributed by atoms with Crippen LogP contribution >= 0.6 is 0 Å². The molecule has 0 aliphatic carbocycles. The summed E-state index contributed by atoms with van der Waals surface area (Å²) in [6.45, 7) is 1.27. The van der Waals surface area contributed by atoms with Crippen LogP contribution in [0.15, 0.2) is 35.4 Å². The van der Waals surface area contributed by atoms with Crippen molar-refractivity contribution in [3.8, 4) is 0 Å². The van der Waals surface area contributed by atoms with Crippen molar-refractivity contribution in [1.82, 2.24) is 19.6 Å². The predicted molar refractivity (Wildman–Crippen MR) is 89.9 cm³/mol. The summed E-state index contributed by atoms with van der Waals surface area (Å²) < 4.78 is 6.80. The van der Waals surface area contributed by atoms with Crippen LogP contribution in [-0.4, -0.2) is 57.1 Å². The zero-order valence-electron chi connectivity index (χ0n) is 14.5. The average Bonchev–Trinajstić information content (AvgIpc) is 3.33. The van der Waals surface area contributed by atoms with Crippen LogP contribution in [-0.2, 0) is 11.8 Å². The fraction of sp³-hybridized carbons (Fsp3) is 0.500. The number of likely N-dealkylation sites (N-methyl/N-ethyl adjacent to an activating group) is 1. The zero-order chi connectivity index (χ0) is 17.6. The second kappa shape index (κ2) is 5.75. The molecular weight excluding hydrogens is 320 g/mol. The van der Waals surface area contributed by atoms with Crippen molar-refractivity contribution in [3.63, 3.8) is 0 Å². The van der Waals surface area contributed by atoms with E-state index in [2.05, 4.69) is 5.10 Å². The smallest absolute Gasteiger partial charge is 0.257 e. The molecule has 4 heterocycles. The largest absolute Gasteiger partial charge is 0.472 e. The van der Waals surface area contributed by atoms with Gasteiger partial charge in [0.05, 0.1) is 23.6 Å². The fourth-order valence-corrected chi connectivity index (χ4v) is 4.38. The molecule has 0 N–H and O–H groups in total. The molecule has 2 saturated heterocycles. The number of aromatic nitrogens is 2. The van der Waals surface area contributed by atoms with Crippen molar-refractivity contribution in [2.45, 2.75) is 30.7 Å². The Balaban J connectivity index is 1.56. The Morgan fingerprint density at radius 3 is 2.68 bits per heavy atom. The molecule has 4 rings (SSSR count). The van der Waals surface area contributed by atoms with Gasteiger partial charge >= 0.3 is 0 Å². The third-order valence-electron chi connectivity index (χ3n) is 5.88. The van der Waals surface area contributed by atoms with E-state index in [0.29, 0.717) is 25.1 Å². The van der Waals surface area contributed by atoms with Crippen LogP contribution in [0.25, 0.3) is 0 Å². The average molecular weight is 342 g/mol. The minimum absolute atomic E-state index is 0.00601. The molecule has 2 fully saturated rings. The van der Waals surface area contributed by atoms with Gasteiger partial charge in [-0.05, 0) is 24.5 Å². The van der Waals surface area contributed by atoms with Gasteiger partial charge in [0.25, 0.3) is 5.91 Å². The molecule has 7 nitrogen and oxygen atoms in total. The van der Waals surface area contributed by atoms with Gasteiger partial charge < -0.3 is 14.2 Å². The molecule has 0 aromatic carbocycles. The van der Waals surface area contributed by atoms with Gasteiger partial charge in [0.2, 0.25) is 5.91 Å². The Labute approximate surface area is 146 Å². The Kier molecular flexibility index (Phi) is 3.67. The minimum atomic E-state index is -0.229. The van der Waals surface area contributed by atoms with E-state index in [1.165, 1.54) is 12.5 Å². The molecule has 0 radical (unpaired) electrons. The first kappa shape index (κ1) is 15.9. The number of carbonyl (C=O) groups is 2. The number of furan rings is 1. The highest BCUT2D eigenvalue weighted by Crippen LogP contribution is 2.48. The lowest BCUT2D eigenvalue weighted by Gasteiger charge is -2.46. The van der Waals surface area contributed by atoms with E-state index < -0.39 is 0 Å². The number of nitrogens with zero attached hydrogens (tertiary/aromatic N) is 4. The first-order chi connectivity index (χ1) is 12.0. The second-order valence-electron chi connectivity index (χ2n) is 7.06. The van der Waals surface area contributed by atoms with Crippen molar-refractivity contribution in [1.29, 1.82) is 0 Å². The summed E-state index contributed by atoms with van der Waals surface area (Å²) in [4.78, 5) is 28.7. The Morgan fingerprint density at radius 1 is 1.32 bits per heavy atom. The molecule has 25 heavy (non-hydrogen) atoms. The molecule has 2 amide bonds. The van der Waals surface area contributed by atoms with Gasteiger partial charge in [-0.2, -0.15) is 5.10 Å². The lowest BCUT2D eigenvalue weighted by molar-refractivity contribution is -0.130. The molecule has 0 saturated carbocycles. The number of amides is 2. The highest BCUT2D eigenvalue weighted by molar-refractivity contribution is 5.94. The summed E-state index contributed by atoms with van der Waals surface area (Å²) in [5.41, 5.74) is 1.46. The van der Waals surface area contributed by atoms with Crippen LogP contribution in [0.5, 0.6) is 0 Å². The molecule has 2 aliphatic rings. The van der Waals surface area contributed by atoms with E-state index in [1.54, 1.807) is 10.7 Å². The number of rotatable bonds is 2. The monoisotopic (exact) mass is 342 g/mol. The van der Waals surface area contributed by atoms with E-state index in [9.17, 15) is 9.59 Å². The Hall–Kier alpha value is -2.57. The molecule has 2 aromatic rings. The van der Waals surface area contributed by atoms with Gasteiger partial charge in [0.15, 0.2) is 0 Å².